The zero-order valence-corrected chi connectivity index (χ0v) is 24.9. The minimum absolute atomic E-state index is 0.184. The van der Waals surface area contributed by atoms with Crippen molar-refractivity contribution in [2.45, 2.75) is 6.92 Å². The van der Waals surface area contributed by atoms with Gasteiger partial charge in [0.1, 0.15) is 18.8 Å². The quantitative estimate of drug-likeness (QED) is 0.273. The van der Waals surface area contributed by atoms with Crippen LogP contribution in [0.3, 0.4) is 0 Å². The van der Waals surface area contributed by atoms with E-state index in [0.29, 0.717) is 17.1 Å². The van der Waals surface area contributed by atoms with Gasteiger partial charge in [-0.1, -0.05) is 66.2 Å². The van der Waals surface area contributed by atoms with Crippen molar-refractivity contribution in [1.82, 2.24) is 0 Å². The normalized spacial score (nSPS) is 10.4. The number of ether oxygens (including phenoxy) is 1. The Morgan fingerprint density at radius 2 is 1.14 bits per heavy atom. The maximum Gasteiger partial charge on any atom is 0.329 e. The molecule has 0 heterocycles. The van der Waals surface area contributed by atoms with E-state index in [9.17, 15) is 19.2 Å². The molecule has 0 spiro atoms. The molecule has 4 rings (SSSR count). The molecule has 0 bridgehead atoms. The molecule has 0 fully saturated rings. The van der Waals surface area contributed by atoms with Crippen LogP contribution in [-0.2, 0) is 14.4 Å². The van der Waals surface area contributed by atoms with Gasteiger partial charge in [-0.05, 0) is 55.5 Å². The predicted octanol–water partition coefficient (Wildman–Crippen LogP) is 4.62. The molecule has 0 radical (unpaired) electrons. The zero-order valence-electron chi connectivity index (χ0n) is 24.9. The van der Waals surface area contributed by atoms with E-state index in [1.807, 2.05) is 55.5 Å². The van der Waals surface area contributed by atoms with Crippen molar-refractivity contribution in [3.63, 3.8) is 0 Å². The van der Waals surface area contributed by atoms with Crippen LogP contribution in [-0.4, -0.2) is 57.5 Å². The van der Waals surface area contributed by atoms with Crippen molar-refractivity contribution in [3.05, 3.63) is 115 Å². The van der Waals surface area contributed by atoms with Gasteiger partial charge in [0, 0.05) is 31.2 Å². The van der Waals surface area contributed by atoms with Crippen LogP contribution in [0.2, 0.25) is 0 Å². The van der Waals surface area contributed by atoms with Crippen LogP contribution >= 0.6 is 0 Å². The highest BCUT2D eigenvalue weighted by Gasteiger charge is 2.30. The van der Waals surface area contributed by atoms with E-state index < -0.39 is 31.0 Å². The Kier molecular flexibility index (Phi) is 10.3. The van der Waals surface area contributed by atoms with Crippen molar-refractivity contribution in [2.75, 3.05) is 53.4 Å². The van der Waals surface area contributed by atoms with Crippen molar-refractivity contribution >= 4 is 46.5 Å². The third-order valence-electron chi connectivity index (χ3n) is 6.94. The molecule has 0 unspecified atom stereocenters. The van der Waals surface area contributed by atoms with Gasteiger partial charge in [0.05, 0.1) is 5.69 Å². The Morgan fingerprint density at radius 1 is 0.614 bits per heavy atom. The van der Waals surface area contributed by atoms with E-state index in [1.54, 1.807) is 74.8 Å². The fourth-order valence-electron chi connectivity index (χ4n) is 4.45. The Bertz CT molecular complexity index is 1600. The summed E-state index contributed by atoms with van der Waals surface area (Å²) < 4.78 is 5.62. The summed E-state index contributed by atoms with van der Waals surface area (Å²) in [7, 11) is 3.25. The van der Waals surface area contributed by atoms with Gasteiger partial charge in [-0.15, -0.1) is 0 Å². The van der Waals surface area contributed by atoms with Crippen LogP contribution in [0.25, 0.3) is 0 Å². The number of urea groups is 1. The highest BCUT2D eigenvalue weighted by Crippen LogP contribution is 2.29. The van der Waals surface area contributed by atoms with Gasteiger partial charge in [-0.25, -0.2) is 4.79 Å². The number of benzene rings is 4. The molecule has 0 aliphatic carbocycles. The molecule has 2 N–H and O–H groups in total. The molecule has 44 heavy (non-hydrogen) atoms. The summed E-state index contributed by atoms with van der Waals surface area (Å²) in [5.74, 6) is -1.45. The topological polar surface area (TPSA) is 116 Å². The lowest BCUT2D eigenvalue weighted by Crippen LogP contribution is -2.50. The number of primary amides is 1. The lowest BCUT2D eigenvalue weighted by molar-refractivity contribution is -0.121. The first-order valence-electron chi connectivity index (χ1n) is 13.9. The van der Waals surface area contributed by atoms with E-state index in [0.717, 1.165) is 5.56 Å². The highest BCUT2D eigenvalue weighted by atomic mass is 16.5. The number of rotatable bonds is 11. The lowest BCUT2D eigenvalue weighted by Gasteiger charge is -2.31. The molecular weight excluding hydrogens is 558 g/mol. The number of nitrogens with zero attached hydrogens (tertiary/aromatic N) is 4. The predicted molar refractivity (Wildman–Crippen MR) is 172 cm³/mol. The summed E-state index contributed by atoms with van der Waals surface area (Å²) in [6.07, 6.45) is 0. The summed E-state index contributed by atoms with van der Waals surface area (Å²) >= 11 is 0. The van der Waals surface area contributed by atoms with Gasteiger partial charge in [-0.2, -0.15) is 0 Å². The standard InChI is InChI=1S/C34H35N5O5/c1-25-18-20-27(21-19-25)37(3)34(43)38(28-14-8-5-9-15-28)23-33(42)39(22-32(41)36(2)26-12-6-4-7-13-26)29-16-10-11-17-30(29)44-24-31(35)40/h4-21H,22-24H2,1-3H3,(H2,35,40). The van der Waals surface area contributed by atoms with Crippen molar-refractivity contribution in [1.29, 1.82) is 0 Å². The summed E-state index contributed by atoms with van der Waals surface area (Å²) in [6, 6.07) is 31.4. The summed E-state index contributed by atoms with van der Waals surface area (Å²) in [4.78, 5) is 58.7. The van der Waals surface area contributed by atoms with Gasteiger partial charge in [0.2, 0.25) is 11.8 Å². The first-order chi connectivity index (χ1) is 21.2. The Labute approximate surface area is 256 Å². The summed E-state index contributed by atoms with van der Waals surface area (Å²) in [6.45, 7) is 0.765. The fraction of sp³-hybridized carbons (Fsp3) is 0.176. The van der Waals surface area contributed by atoms with E-state index in [-0.39, 0.29) is 23.9 Å². The van der Waals surface area contributed by atoms with Crippen molar-refractivity contribution in [3.8, 4) is 5.75 Å². The first kappa shape index (κ1) is 31.3. The van der Waals surface area contributed by atoms with E-state index in [2.05, 4.69) is 0 Å². The first-order valence-corrected chi connectivity index (χ1v) is 13.9. The molecule has 0 aromatic heterocycles. The Morgan fingerprint density at radius 3 is 1.75 bits per heavy atom. The molecule has 0 aliphatic rings. The zero-order chi connectivity index (χ0) is 31.6. The van der Waals surface area contributed by atoms with Crippen molar-refractivity contribution in [2.24, 2.45) is 5.73 Å². The van der Waals surface area contributed by atoms with E-state index >= 15 is 0 Å². The third kappa shape index (κ3) is 7.80. The Balaban J connectivity index is 1.70. The number of carbonyl (C=O) groups is 4. The largest absolute Gasteiger partial charge is 0.482 e. The van der Waals surface area contributed by atoms with Crippen LogP contribution < -0.4 is 30.1 Å². The second-order valence-corrected chi connectivity index (χ2v) is 10.1. The second-order valence-electron chi connectivity index (χ2n) is 10.1. The molecule has 226 valence electrons. The van der Waals surface area contributed by atoms with Gasteiger partial charge in [-0.3, -0.25) is 29.1 Å². The van der Waals surface area contributed by atoms with Gasteiger partial charge in [0.25, 0.3) is 5.91 Å². The molecule has 10 nitrogen and oxygen atoms in total. The van der Waals surface area contributed by atoms with E-state index in [1.165, 1.54) is 19.6 Å². The number of aryl methyl sites for hydroxylation is 1. The van der Waals surface area contributed by atoms with Gasteiger partial charge in [0.15, 0.2) is 6.61 Å². The number of amides is 5. The highest BCUT2D eigenvalue weighted by molar-refractivity contribution is 6.11. The molecule has 10 heteroatoms. The number of hydrogen-bond acceptors (Lipinski definition) is 5. The average Bonchev–Trinajstić information content (AvgIpc) is 3.05. The maximum absolute atomic E-state index is 14.2. The number of carbonyl (C=O) groups excluding carboxylic acids is 4. The minimum Gasteiger partial charge on any atom is -0.482 e. The number of para-hydroxylation sites is 4. The van der Waals surface area contributed by atoms with Crippen LogP contribution in [0.5, 0.6) is 5.75 Å². The van der Waals surface area contributed by atoms with Crippen LogP contribution in [0.4, 0.5) is 27.5 Å². The van der Waals surface area contributed by atoms with Crippen molar-refractivity contribution < 1.29 is 23.9 Å². The Hall–Kier alpha value is -5.64. The summed E-state index contributed by atoms with van der Waals surface area (Å²) in [5, 5.41) is 0. The summed E-state index contributed by atoms with van der Waals surface area (Å²) in [5.41, 5.74) is 8.39. The average molecular weight is 594 g/mol. The minimum atomic E-state index is -0.697. The number of nitrogens with two attached hydrogens (primary N) is 1. The smallest absolute Gasteiger partial charge is 0.329 e. The number of hydrogen-bond donors (Lipinski definition) is 1. The SMILES string of the molecule is Cc1ccc(N(C)C(=O)N(CC(=O)N(CC(=O)N(C)c2ccccc2)c2ccccc2OCC(N)=O)c2ccccc2)cc1. The van der Waals surface area contributed by atoms with Crippen LogP contribution in [0, 0.1) is 6.92 Å². The molecule has 4 aromatic carbocycles. The van der Waals surface area contributed by atoms with Crippen LogP contribution in [0.1, 0.15) is 5.56 Å². The van der Waals surface area contributed by atoms with Crippen LogP contribution in [0.15, 0.2) is 109 Å². The number of likely N-dealkylation sites (N-methyl/N-ethyl adjacent to an activating group) is 1. The maximum atomic E-state index is 14.2. The number of anilines is 4. The lowest BCUT2D eigenvalue weighted by atomic mass is 10.2. The fourth-order valence-corrected chi connectivity index (χ4v) is 4.45. The molecule has 5 amide bonds. The molecular formula is C34H35N5O5. The molecule has 0 atom stereocenters. The third-order valence-corrected chi connectivity index (χ3v) is 6.94. The molecule has 0 saturated carbocycles. The van der Waals surface area contributed by atoms with E-state index in [4.69, 9.17) is 10.5 Å². The second kappa shape index (κ2) is 14.5. The molecule has 0 saturated heterocycles. The van der Waals surface area contributed by atoms with Gasteiger partial charge >= 0.3 is 6.03 Å². The van der Waals surface area contributed by atoms with Gasteiger partial charge < -0.3 is 15.4 Å². The monoisotopic (exact) mass is 593 g/mol. The molecule has 4 aromatic rings. The molecule has 0 aliphatic heterocycles.